The quantitative estimate of drug-likeness (QED) is 0.812. The number of hydrogen-bond acceptors (Lipinski definition) is 3. The molecule has 0 N–H and O–H groups in total. The van der Waals surface area contributed by atoms with Crippen molar-refractivity contribution in [2.45, 2.75) is 0 Å². The summed E-state index contributed by atoms with van der Waals surface area (Å²) in [7, 11) is 1.64. The zero-order valence-electron chi connectivity index (χ0n) is 7.79. The second-order valence-corrected chi connectivity index (χ2v) is 3.74. The average molecular weight is 256 g/mol. The van der Waals surface area contributed by atoms with Gasteiger partial charge in [-0.3, -0.25) is 0 Å². The summed E-state index contributed by atoms with van der Waals surface area (Å²) < 4.78 is 11.5. The summed E-state index contributed by atoms with van der Waals surface area (Å²) in [5.41, 5.74) is 0.946. The van der Waals surface area contributed by atoms with Crippen molar-refractivity contribution < 1.29 is 9.47 Å². The summed E-state index contributed by atoms with van der Waals surface area (Å²) in [5, 5.41) is 0. The van der Waals surface area contributed by atoms with E-state index in [9.17, 15) is 0 Å². The number of aliphatic imine (C=N–C) groups is 1. The monoisotopic (exact) mass is 255 g/mol. The summed E-state index contributed by atoms with van der Waals surface area (Å²) in [6, 6.07) is 5.73. The Kier molecular flexibility index (Phi) is 2.72. The van der Waals surface area contributed by atoms with Gasteiger partial charge in [-0.05, 0) is 34.1 Å². The standard InChI is InChI=1S/C10H10BrNO2/c1-13-7-2-3-9(11)8(6-7)10-12-4-5-14-10/h2-3,6H,4-5H2,1H3. The van der Waals surface area contributed by atoms with Crippen LogP contribution in [0.4, 0.5) is 0 Å². The maximum atomic E-state index is 5.38. The number of nitrogens with zero attached hydrogens (tertiary/aromatic N) is 1. The molecular weight excluding hydrogens is 246 g/mol. The van der Waals surface area contributed by atoms with Crippen molar-refractivity contribution in [1.29, 1.82) is 0 Å². The van der Waals surface area contributed by atoms with Crippen LogP contribution in [-0.4, -0.2) is 26.2 Å². The molecule has 2 rings (SSSR count). The highest BCUT2D eigenvalue weighted by Crippen LogP contribution is 2.24. The molecule has 0 radical (unpaired) electrons. The maximum Gasteiger partial charge on any atom is 0.217 e. The van der Waals surface area contributed by atoms with Crippen molar-refractivity contribution in [2.24, 2.45) is 4.99 Å². The Labute approximate surface area is 90.9 Å². The Morgan fingerprint density at radius 1 is 1.50 bits per heavy atom. The summed E-state index contributed by atoms with van der Waals surface area (Å²) in [5.74, 6) is 1.50. The minimum atomic E-state index is 0.666. The Morgan fingerprint density at radius 2 is 2.36 bits per heavy atom. The second kappa shape index (κ2) is 4.00. The van der Waals surface area contributed by atoms with Crippen LogP contribution >= 0.6 is 15.9 Å². The fourth-order valence-electron chi connectivity index (χ4n) is 1.29. The van der Waals surface area contributed by atoms with Crippen LogP contribution in [0, 0.1) is 0 Å². The van der Waals surface area contributed by atoms with E-state index >= 15 is 0 Å². The first-order chi connectivity index (χ1) is 6.81. The zero-order valence-corrected chi connectivity index (χ0v) is 9.37. The van der Waals surface area contributed by atoms with Gasteiger partial charge in [-0.15, -0.1) is 0 Å². The van der Waals surface area contributed by atoms with Crippen LogP contribution in [0.3, 0.4) is 0 Å². The number of rotatable bonds is 2. The molecule has 0 saturated carbocycles. The molecule has 3 nitrogen and oxygen atoms in total. The highest BCUT2D eigenvalue weighted by atomic mass is 79.9. The van der Waals surface area contributed by atoms with Crippen LogP contribution in [0.1, 0.15) is 5.56 Å². The van der Waals surface area contributed by atoms with Gasteiger partial charge >= 0.3 is 0 Å². The number of methoxy groups -OCH3 is 1. The van der Waals surface area contributed by atoms with Crippen molar-refractivity contribution in [3.8, 4) is 5.75 Å². The Hall–Kier alpha value is -1.03. The second-order valence-electron chi connectivity index (χ2n) is 2.88. The molecule has 0 fully saturated rings. The van der Waals surface area contributed by atoms with Gasteiger partial charge in [0.2, 0.25) is 5.90 Å². The summed E-state index contributed by atoms with van der Waals surface area (Å²) in [6.07, 6.45) is 0. The molecule has 4 heteroatoms. The number of ether oxygens (including phenoxy) is 2. The third-order valence-corrected chi connectivity index (χ3v) is 2.68. The van der Waals surface area contributed by atoms with Crippen molar-refractivity contribution in [3.05, 3.63) is 28.2 Å². The predicted octanol–water partition coefficient (Wildman–Crippen LogP) is 2.23. The highest BCUT2D eigenvalue weighted by molar-refractivity contribution is 9.10. The van der Waals surface area contributed by atoms with E-state index in [2.05, 4.69) is 20.9 Å². The summed E-state index contributed by atoms with van der Waals surface area (Å²) in [6.45, 7) is 1.40. The Balaban J connectivity index is 2.40. The molecule has 1 aliphatic heterocycles. The van der Waals surface area contributed by atoms with E-state index in [-0.39, 0.29) is 0 Å². The lowest BCUT2D eigenvalue weighted by molar-refractivity contribution is 0.348. The van der Waals surface area contributed by atoms with Gasteiger partial charge in [0.1, 0.15) is 12.4 Å². The van der Waals surface area contributed by atoms with Crippen LogP contribution < -0.4 is 4.74 Å². The minimum absolute atomic E-state index is 0.666. The molecule has 1 heterocycles. The molecule has 0 aliphatic carbocycles. The molecule has 74 valence electrons. The van der Waals surface area contributed by atoms with Gasteiger partial charge in [-0.25, -0.2) is 4.99 Å². The van der Waals surface area contributed by atoms with E-state index in [1.165, 1.54) is 0 Å². The SMILES string of the molecule is COc1ccc(Br)c(C2=NCCO2)c1. The molecule has 14 heavy (non-hydrogen) atoms. The number of halogens is 1. The van der Waals surface area contributed by atoms with Gasteiger partial charge in [0.25, 0.3) is 0 Å². The number of benzene rings is 1. The molecule has 0 unspecified atom stereocenters. The molecule has 1 aliphatic rings. The van der Waals surface area contributed by atoms with E-state index in [0.717, 1.165) is 22.3 Å². The van der Waals surface area contributed by atoms with Gasteiger partial charge in [-0.1, -0.05) is 0 Å². The molecule has 0 amide bonds. The fourth-order valence-corrected chi connectivity index (χ4v) is 1.71. The van der Waals surface area contributed by atoms with Gasteiger partial charge in [0.15, 0.2) is 0 Å². The molecule has 1 aromatic rings. The maximum absolute atomic E-state index is 5.38. The molecule has 0 saturated heterocycles. The third-order valence-electron chi connectivity index (χ3n) is 1.99. The lowest BCUT2D eigenvalue weighted by atomic mass is 10.2. The van der Waals surface area contributed by atoms with E-state index in [4.69, 9.17) is 9.47 Å². The normalized spacial score (nSPS) is 14.9. The molecule has 0 bridgehead atoms. The largest absolute Gasteiger partial charge is 0.497 e. The van der Waals surface area contributed by atoms with Crippen LogP contribution in [0.5, 0.6) is 5.75 Å². The van der Waals surface area contributed by atoms with Crippen LogP contribution in [-0.2, 0) is 4.74 Å². The van der Waals surface area contributed by atoms with Gasteiger partial charge < -0.3 is 9.47 Å². The van der Waals surface area contributed by atoms with Crippen LogP contribution in [0.2, 0.25) is 0 Å². The fraction of sp³-hybridized carbons (Fsp3) is 0.300. The van der Waals surface area contributed by atoms with Gasteiger partial charge in [-0.2, -0.15) is 0 Å². The molecule has 0 spiro atoms. The highest BCUT2D eigenvalue weighted by Gasteiger charge is 2.14. The van der Waals surface area contributed by atoms with Crippen molar-refractivity contribution in [1.82, 2.24) is 0 Å². The van der Waals surface area contributed by atoms with E-state index in [1.54, 1.807) is 7.11 Å². The van der Waals surface area contributed by atoms with Crippen molar-refractivity contribution in [3.63, 3.8) is 0 Å². The number of hydrogen-bond donors (Lipinski definition) is 0. The Morgan fingerprint density at radius 3 is 3.00 bits per heavy atom. The van der Waals surface area contributed by atoms with Crippen LogP contribution in [0.25, 0.3) is 0 Å². The molecule has 0 atom stereocenters. The lowest BCUT2D eigenvalue weighted by Crippen LogP contribution is -2.02. The first-order valence-electron chi connectivity index (χ1n) is 4.32. The Bertz CT molecular complexity index is 376. The molecule has 0 aromatic heterocycles. The zero-order chi connectivity index (χ0) is 9.97. The van der Waals surface area contributed by atoms with Gasteiger partial charge in [0, 0.05) is 4.47 Å². The predicted molar refractivity (Wildman–Crippen MR) is 58.1 cm³/mol. The van der Waals surface area contributed by atoms with E-state index < -0.39 is 0 Å². The van der Waals surface area contributed by atoms with Crippen molar-refractivity contribution >= 4 is 21.8 Å². The third kappa shape index (κ3) is 1.75. The summed E-state index contributed by atoms with van der Waals surface area (Å²) >= 11 is 3.45. The lowest BCUT2D eigenvalue weighted by Gasteiger charge is -2.06. The summed E-state index contributed by atoms with van der Waals surface area (Å²) in [4.78, 5) is 4.25. The smallest absolute Gasteiger partial charge is 0.217 e. The minimum Gasteiger partial charge on any atom is -0.497 e. The first kappa shape index (κ1) is 9.52. The topological polar surface area (TPSA) is 30.8 Å². The van der Waals surface area contributed by atoms with Gasteiger partial charge in [0.05, 0.1) is 19.2 Å². The van der Waals surface area contributed by atoms with E-state index in [1.807, 2.05) is 18.2 Å². The van der Waals surface area contributed by atoms with E-state index in [0.29, 0.717) is 12.5 Å². The average Bonchev–Trinajstić information content (AvgIpc) is 2.71. The molecular formula is C10H10BrNO2. The molecule has 1 aromatic carbocycles. The van der Waals surface area contributed by atoms with Crippen molar-refractivity contribution in [2.75, 3.05) is 20.3 Å². The first-order valence-corrected chi connectivity index (χ1v) is 5.12. The van der Waals surface area contributed by atoms with Crippen LogP contribution in [0.15, 0.2) is 27.7 Å².